The quantitative estimate of drug-likeness (QED) is 0.875. The van der Waals surface area contributed by atoms with Crippen molar-refractivity contribution in [2.75, 3.05) is 5.32 Å². The van der Waals surface area contributed by atoms with E-state index < -0.39 is 18.2 Å². The second-order valence-corrected chi connectivity index (χ2v) is 5.73. The maximum Gasteiger partial charge on any atom is 0.332 e. The van der Waals surface area contributed by atoms with Gasteiger partial charge in [-0.15, -0.1) is 11.3 Å². The lowest BCUT2D eigenvalue weighted by atomic mass is 10.2. The SMILES string of the molecule is O=C(Nc1nc(C2CC2)cs1)[C@@H]1CC[C@H](C(=O)O)O1. The number of carboxylic acid groups (broad SMARTS) is 1. The fraction of sp³-hybridized carbons (Fsp3) is 0.583. The van der Waals surface area contributed by atoms with Crippen molar-refractivity contribution < 1.29 is 19.4 Å². The van der Waals surface area contributed by atoms with Gasteiger partial charge < -0.3 is 9.84 Å². The normalized spacial score (nSPS) is 26.3. The molecule has 2 N–H and O–H groups in total. The Morgan fingerprint density at radius 1 is 1.32 bits per heavy atom. The van der Waals surface area contributed by atoms with Gasteiger partial charge >= 0.3 is 5.97 Å². The number of carbonyl (C=O) groups is 2. The molecular weight excluding hydrogens is 268 g/mol. The highest BCUT2D eigenvalue weighted by Gasteiger charge is 2.35. The van der Waals surface area contributed by atoms with Crippen molar-refractivity contribution in [1.82, 2.24) is 4.98 Å². The topological polar surface area (TPSA) is 88.5 Å². The van der Waals surface area contributed by atoms with Gasteiger partial charge in [-0.05, 0) is 25.7 Å². The van der Waals surface area contributed by atoms with E-state index in [2.05, 4.69) is 10.3 Å². The molecule has 19 heavy (non-hydrogen) atoms. The fourth-order valence-electron chi connectivity index (χ4n) is 2.11. The number of nitrogens with zero attached hydrogens (tertiary/aromatic N) is 1. The number of carbonyl (C=O) groups excluding carboxylic acids is 1. The average Bonchev–Trinajstić information content (AvgIpc) is 2.92. The van der Waals surface area contributed by atoms with Crippen LogP contribution in [0.1, 0.15) is 37.3 Å². The third kappa shape index (κ3) is 2.76. The van der Waals surface area contributed by atoms with E-state index in [0.717, 1.165) is 5.69 Å². The highest BCUT2D eigenvalue weighted by molar-refractivity contribution is 7.13. The molecule has 0 bridgehead atoms. The van der Waals surface area contributed by atoms with Crippen molar-refractivity contribution in [2.45, 2.75) is 43.8 Å². The number of rotatable bonds is 4. The lowest BCUT2D eigenvalue weighted by Gasteiger charge is -2.09. The molecule has 3 rings (SSSR count). The van der Waals surface area contributed by atoms with E-state index in [9.17, 15) is 9.59 Å². The molecule has 2 atom stereocenters. The second-order valence-electron chi connectivity index (χ2n) is 4.87. The third-order valence-corrected chi connectivity index (χ3v) is 4.11. The van der Waals surface area contributed by atoms with Gasteiger partial charge in [0.1, 0.15) is 6.10 Å². The minimum Gasteiger partial charge on any atom is -0.479 e. The first kappa shape index (κ1) is 12.6. The van der Waals surface area contributed by atoms with Gasteiger partial charge in [0, 0.05) is 11.3 Å². The Balaban J connectivity index is 1.57. The van der Waals surface area contributed by atoms with Crippen molar-refractivity contribution in [3.8, 4) is 0 Å². The van der Waals surface area contributed by atoms with Crippen molar-refractivity contribution >= 4 is 28.3 Å². The number of anilines is 1. The molecule has 0 spiro atoms. The number of ether oxygens (including phenoxy) is 1. The van der Waals surface area contributed by atoms with E-state index in [1.807, 2.05) is 5.38 Å². The number of amides is 1. The maximum absolute atomic E-state index is 11.9. The summed E-state index contributed by atoms with van der Waals surface area (Å²) in [7, 11) is 0. The number of aromatic nitrogens is 1. The van der Waals surface area contributed by atoms with Crippen LogP contribution in [0.25, 0.3) is 0 Å². The Bertz CT molecular complexity index is 512. The predicted molar refractivity (Wildman–Crippen MR) is 68.2 cm³/mol. The molecule has 1 saturated carbocycles. The molecule has 0 aromatic carbocycles. The largest absolute Gasteiger partial charge is 0.479 e. The van der Waals surface area contributed by atoms with Gasteiger partial charge in [-0.3, -0.25) is 10.1 Å². The summed E-state index contributed by atoms with van der Waals surface area (Å²) in [5.41, 5.74) is 1.04. The summed E-state index contributed by atoms with van der Waals surface area (Å²) in [6, 6.07) is 0. The Labute approximate surface area is 113 Å². The van der Waals surface area contributed by atoms with Crippen molar-refractivity contribution in [2.24, 2.45) is 0 Å². The number of aliphatic carboxylic acids is 1. The molecule has 7 heteroatoms. The zero-order valence-electron chi connectivity index (χ0n) is 10.2. The summed E-state index contributed by atoms with van der Waals surface area (Å²) in [6.07, 6.45) is 1.60. The molecule has 102 valence electrons. The van der Waals surface area contributed by atoms with E-state index in [4.69, 9.17) is 9.84 Å². The smallest absolute Gasteiger partial charge is 0.332 e. The van der Waals surface area contributed by atoms with Gasteiger partial charge in [0.25, 0.3) is 5.91 Å². The molecule has 1 saturated heterocycles. The summed E-state index contributed by atoms with van der Waals surface area (Å²) in [4.78, 5) is 27.0. The highest BCUT2D eigenvalue weighted by Crippen LogP contribution is 2.40. The molecule has 1 aliphatic heterocycles. The van der Waals surface area contributed by atoms with Gasteiger partial charge in [-0.25, -0.2) is 9.78 Å². The van der Waals surface area contributed by atoms with Gasteiger partial charge in [0.15, 0.2) is 11.2 Å². The number of hydrogen-bond donors (Lipinski definition) is 2. The van der Waals surface area contributed by atoms with E-state index in [1.165, 1.54) is 24.2 Å². The van der Waals surface area contributed by atoms with Crippen LogP contribution in [-0.4, -0.2) is 34.2 Å². The van der Waals surface area contributed by atoms with E-state index in [-0.39, 0.29) is 5.91 Å². The standard InChI is InChI=1S/C12H14N2O4S/c15-10(8-3-4-9(18-8)11(16)17)14-12-13-7(5-19-12)6-1-2-6/h5-6,8-9H,1-4H2,(H,16,17)(H,13,14,15)/t8-,9+/m0/s1. The molecule has 1 aromatic heterocycles. The van der Waals surface area contributed by atoms with Crippen LogP contribution >= 0.6 is 11.3 Å². The maximum atomic E-state index is 11.9. The van der Waals surface area contributed by atoms with E-state index in [0.29, 0.717) is 23.9 Å². The molecule has 0 unspecified atom stereocenters. The number of carboxylic acids is 1. The van der Waals surface area contributed by atoms with Gasteiger partial charge in [0.2, 0.25) is 0 Å². The summed E-state index contributed by atoms with van der Waals surface area (Å²) in [5, 5.41) is 14.0. The zero-order valence-corrected chi connectivity index (χ0v) is 11.0. The van der Waals surface area contributed by atoms with Crippen LogP contribution in [0.3, 0.4) is 0 Å². The van der Waals surface area contributed by atoms with Crippen LogP contribution in [0, 0.1) is 0 Å². The summed E-state index contributed by atoms with van der Waals surface area (Å²) in [6.45, 7) is 0. The van der Waals surface area contributed by atoms with Crippen molar-refractivity contribution in [1.29, 1.82) is 0 Å². The van der Waals surface area contributed by atoms with Gasteiger partial charge in [-0.2, -0.15) is 0 Å². The molecule has 2 aliphatic rings. The van der Waals surface area contributed by atoms with Gasteiger partial charge in [-0.1, -0.05) is 0 Å². The Hall–Kier alpha value is -1.47. The lowest BCUT2D eigenvalue weighted by Crippen LogP contribution is -2.29. The van der Waals surface area contributed by atoms with Crippen LogP contribution in [0.15, 0.2) is 5.38 Å². The molecule has 1 aliphatic carbocycles. The third-order valence-electron chi connectivity index (χ3n) is 3.34. The number of hydrogen-bond acceptors (Lipinski definition) is 5. The van der Waals surface area contributed by atoms with Crippen LogP contribution in [0.4, 0.5) is 5.13 Å². The first-order chi connectivity index (χ1) is 9.13. The van der Waals surface area contributed by atoms with Crippen LogP contribution in [0.5, 0.6) is 0 Å². The molecular formula is C12H14N2O4S. The molecule has 1 aromatic rings. The molecule has 2 heterocycles. The monoisotopic (exact) mass is 282 g/mol. The molecule has 0 radical (unpaired) electrons. The van der Waals surface area contributed by atoms with E-state index >= 15 is 0 Å². The zero-order chi connectivity index (χ0) is 13.4. The predicted octanol–water partition coefficient (Wildman–Crippen LogP) is 1.59. The van der Waals surface area contributed by atoms with Crippen molar-refractivity contribution in [3.63, 3.8) is 0 Å². The Morgan fingerprint density at radius 3 is 2.68 bits per heavy atom. The minimum absolute atomic E-state index is 0.305. The van der Waals surface area contributed by atoms with Crippen molar-refractivity contribution in [3.05, 3.63) is 11.1 Å². The highest BCUT2D eigenvalue weighted by atomic mass is 32.1. The lowest BCUT2D eigenvalue weighted by molar-refractivity contribution is -0.150. The molecule has 2 fully saturated rings. The van der Waals surface area contributed by atoms with Crippen LogP contribution in [0.2, 0.25) is 0 Å². The van der Waals surface area contributed by atoms with Crippen LogP contribution in [-0.2, 0) is 14.3 Å². The first-order valence-electron chi connectivity index (χ1n) is 6.28. The first-order valence-corrected chi connectivity index (χ1v) is 7.16. The minimum atomic E-state index is -1.01. The van der Waals surface area contributed by atoms with Crippen LogP contribution < -0.4 is 5.32 Å². The fourth-order valence-corrected chi connectivity index (χ4v) is 2.90. The number of nitrogens with one attached hydrogen (secondary N) is 1. The molecule has 1 amide bonds. The second kappa shape index (κ2) is 4.90. The van der Waals surface area contributed by atoms with E-state index in [1.54, 1.807) is 0 Å². The summed E-state index contributed by atoms with van der Waals surface area (Å²) < 4.78 is 5.19. The summed E-state index contributed by atoms with van der Waals surface area (Å²) >= 11 is 1.40. The Morgan fingerprint density at radius 2 is 2.05 bits per heavy atom. The Kier molecular flexibility index (Phi) is 3.24. The number of thiazole rings is 1. The average molecular weight is 282 g/mol. The van der Waals surface area contributed by atoms with Gasteiger partial charge in [0.05, 0.1) is 5.69 Å². The summed E-state index contributed by atoms with van der Waals surface area (Å²) in [5.74, 6) is -0.762. The molecule has 6 nitrogen and oxygen atoms in total.